The van der Waals surface area contributed by atoms with Gasteiger partial charge in [-0.1, -0.05) is 51.1 Å². The second-order valence-electron chi connectivity index (χ2n) is 5.90. The summed E-state index contributed by atoms with van der Waals surface area (Å²) in [4.78, 5) is 15.8. The number of carbonyl (C=O) groups is 1. The van der Waals surface area contributed by atoms with Crippen molar-refractivity contribution < 1.29 is 9.90 Å². The summed E-state index contributed by atoms with van der Waals surface area (Å²) in [5, 5.41) is 12.9. The van der Waals surface area contributed by atoms with Gasteiger partial charge < -0.3 is 10.4 Å². The number of carboxylic acids is 1. The molecule has 6 heteroatoms. The molecule has 0 fully saturated rings. The molecule has 0 aliphatic heterocycles. The van der Waals surface area contributed by atoms with Crippen LogP contribution in [0.2, 0.25) is 0 Å². The normalized spacial score (nSPS) is 12.9. The Hall–Kier alpha value is -1.95. The van der Waals surface area contributed by atoms with E-state index in [4.69, 9.17) is 0 Å². The van der Waals surface area contributed by atoms with Crippen LogP contribution >= 0.6 is 11.5 Å². The Kier molecular flexibility index (Phi) is 4.57. The largest absolute Gasteiger partial charge is 0.480 e. The Bertz CT molecular complexity index is 605. The van der Waals surface area contributed by atoms with Crippen molar-refractivity contribution in [2.45, 2.75) is 38.6 Å². The molecule has 2 N–H and O–H groups in total. The number of benzene rings is 1. The van der Waals surface area contributed by atoms with E-state index in [2.05, 4.69) is 14.7 Å². The van der Waals surface area contributed by atoms with E-state index in [0.717, 1.165) is 11.4 Å². The molecule has 0 amide bonds. The van der Waals surface area contributed by atoms with E-state index in [1.807, 2.05) is 51.1 Å². The smallest absolute Gasteiger partial charge is 0.326 e. The second kappa shape index (κ2) is 6.22. The van der Waals surface area contributed by atoms with Crippen LogP contribution in [-0.2, 0) is 16.6 Å². The third kappa shape index (κ3) is 4.26. The molecular formula is C15H19N3O2S. The third-order valence-corrected chi connectivity index (χ3v) is 3.62. The zero-order chi connectivity index (χ0) is 15.5. The molecule has 0 saturated carbocycles. The van der Waals surface area contributed by atoms with E-state index in [-0.39, 0.29) is 5.41 Å². The monoisotopic (exact) mass is 305 g/mol. The molecule has 5 nitrogen and oxygen atoms in total. The fourth-order valence-electron chi connectivity index (χ4n) is 1.79. The van der Waals surface area contributed by atoms with Crippen LogP contribution in [0.5, 0.6) is 0 Å². The summed E-state index contributed by atoms with van der Waals surface area (Å²) in [6.07, 6.45) is 0.403. The highest BCUT2D eigenvalue weighted by molar-refractivity contribution is 7.09. The number of nitrogens with one attached hydrogen (secondary N) is 1. The Morgan fingerprint density at radius 1 is 1.33 bits per heavy atom. The van der Waals surface area contributed by atoms with E-state index in [1.54, 1.807) is 0 Å². The molecule has 1 aromatic heterocycles. The molecule has 0 saturated heterocycles. The van der Waals surface area contributed by atoms with Gasteiger partial charge in [0.25, 0.3) is 0 Å². The molecule has 1 aromatic carbocycles. The number of anilines is 1. The number of hydrogen-bond donors (Lipinski definition) is 2. The number of aromatic nitrogens is 2. The van der Waals surface area contributed by atoms with E-state index in [0.29, 0.717) is 11.6 Å². The van der Waals surface area contributed by atoms with E-state index >= 15 is 0 Å². The Balaban J connectivity index is 2.10. The van der Waals surface area contributed by atoms with Crippen molar-refractivity contribution in [1.82, 2.24) is 9.36 Å². The number of nitrogens with zero attached hydrogens (tertiary/aromatic N) is 2. The van der Waals surface area contributed by atoms with Gasteiger partial charge in [-0.25, -0.2) is 9.78 Å². The maximum absolute atomic E-state index is 11.4. The molecule has 2 aromatic rings. The topological polar surface area (TPSA) is 75.1 Å². The average molecular weight is 305 g/mol. The molecule has 0 radical (unpaired) electrons. The minimum Gasteiger partial charge on any atom is -0.480 e. The van der Waals surface area contributed by atoms with Gasteiger partial charge in [0.2, 0.25) is 5.13 Å². The maximum Gasteiger partial charge on any atom is 0.326 e. The molecule has 112 valence electrons. The summed E-state index contributed by atoms with van der Waals surface area (Å²) in [6, 6.07) is 8.82. The fraction of sp³-hybridized carbons (Fsp3) is 0.400. The molecule has 21 heavy (non-hydrogen) atoms. The lowest BCUT2D eigenvalue weighted by atomic mass is 9.96. The number of rotatable bonds is 5. The lowest BCUT2D eigenvalue weighted by molar-refractivity contribution is -0.137. The molecule has 0 aliphatic carbocycles. The predicted molar refractivity (Wildman–Crippen MR) is 83.8 cm³/mol. The van der Waals surface area contributed by atoms with Crippen LogP contribution in [0.3, 0.4) is 0 Å². The summed E-state index contributed by atoms with van der Waals surface area (Å²) in [5.41, 5.74) is 0.826. The van der Waals surface area contributed by atoms with Crippen LogP contribution in [0.1, 0.15) is 32.2 Å². The Labute approximate surface area is 128 Å². The zero-order valence-corrected chi connectivity index (χ0v) is 13.1. The van der Waals surface area contributed by atoms with Crippen molar-refractivity contribution >= 4 is 22.6 Å². The molecule has 1 atom stereocenters. The number of hydrogen-bond acceptors (Lipinski definition) is 5. The van der Waals surface area contributed by atoms with Gasteiger partial charge in [-0.2, -0.15) is 4.37 Å². The lowest BCUT2D eigenvalue weighted by Gasteiger charge is -2.14. The minimum atomic E-state index is -0.897. The summed E-state index contributed by atoms with van der Waals surface area (Å²) >= 11 is 1.20. The van der Waals surface area contributed by atoms with Crippen LogP contribution < -0.4 is 5.32 Å². The second-order valence-corrected chi connectivity index (χ2v) is 6.65. The average Bonchev–Trinajstić information content (AvgIpc) is 2.87. The molecule has 2 rings (SSSR count). The summed E-state index contributed by atoms with van der Waals surface area (Å²) < 4.78 is 4.28. The van der Waals surface area contributed by atoms with Gasteiger partial charge >= 0.3 is 5.97 Å². The predicted octanol–water partition coefficient (Wildman–Crippen LogP) is 2.94. The van der Waals surface area contributed by atoms with Crippen LogP contribution in [0.25, 0.3) is 0 Å². The van der Waals surface area contributed by atoms with E-state index in [9.17, 15) is 9.90 Å². The van der Waals surface area contributed by atoms with Crippen LogP contribution in [0.4, 0.5) is 5.13 Å². The molecule has 0 spiro atoms. The molecular weight excluding hydrogens is 286 g/mol. The SMILES string of the molecule is CC(C)(C)c1nsc(N[C@H](Cc2ccccc2)C(=O)O)n1. The number of aliphatic carboxylic acids is 1. The molecule has 0 aliphatic rings. The third-order valence-electron chi connectivity index (χ3n) is 2.98. The van der Waals surface area contributed by atoms with Gasteiger partial charge in [0, 0.05) is 23.4 Å². The highest BCUT2D eigenvalue weighted by Crippen LogP contribution is 2.23. The fourth-order valence-corrected chi connectivity index (χ4v) is 2.60. The quantitative estimate of drug-likeness (QED) is 0.888. The zero-order valence-electron chi connectivity index (χ0n) is 12.3. The number of carboxylic acid groups (broad SMARTS) is 1. The van der Waals surface area contributed by atoms with Crippen molar-refractivity contribution in [3.63, 3.8) is 0 Å². The first-order valence-corrected chi connectivity index (χ1v) is 7.51. The lowest BCUT2D eigenvalue weighted by Crippen LogP contribution is -2.31. The van der Waals surface area contributed by atoms with Crippen molar-refractivity contribution in [3.05, 3.63) is 41.7 Å². The standard InChI is InChI=1S/C15H19N3O2S/c1-15(2,3)13-17-14(21-18-13)16-11(12(19)20)9-10-7-5-4-6-8-10/h4-8,11H,9H2,1-3H3,(H,19,20)(H,16,17,18)/t11-/m1/s1. The van der Waals surface area contributed by atoms with Gasteiger partial charge in [-0.15, -0.1) is 0 Å². The van der Waals surface area contributed by atoms with E-state index < -0.39 is 12.0 Å². The first kappa shape index (κ1) is 15.4. The van der Waals surface area contributed by atoms with E-state index in [1.165, 1.54) is 11.5 Å². The van der Waals surface area contributed by atoms with Crippen LogP contribution in [0.15, 0.2) is 30.3 Å². The molecule has 0 unspecified atom stereocenters. The van der Waals surface area contributed by atoms with Gasteiger partial charge in [-0.05, 0) is 5.56 Å². The first-order valence-electron chi connectivity index (χ1n) is 6.74. The summed E-state index contributed by atoms with van der Waals surface area (Å²) in [7, 11) is 0. The Morgan fingerprint density at radius 3 is 2.52 bits per heavy atom. The minimum absolute atomic E-state index is 0.144. The van der Waals surface area contributed by atoms with Crippen molar-refractivity contribution in [2.75, 3.05) is 5.32 Å². The molecule has 0 bridgehead atoms. The molecule has 1 heterocycles. The van der Waals surface area contributed by atoms with Crippen molar-refractivity contribution in [2.24, 2.45) is 0 Å². The maximum atomic E-state index is 11.4. The van der Waals surface area contributed by atoms with Gasteiger partial charge in [-0.3, -0.25) is 0 Å². The summed E-state index contributed by atoms with van der Waals surface area (Å²) in [5.74, 6) is -0.176. The van der Waals surface area contributed by atoms with Crippen molar-refractivity contribution in [3.8, 4) is 0 Å². The van der Waals surface area contributed by atoms with Gasteiger partial charge in [0.15, 0.2) is 0 Å². The Morgan fingerprint density at radius 2 is 2.00 bits per heavy atom. The highest BCUT2D eigenvalue weighted by atomic mass is 32.1. The van der Waals surface area contributed by atoms with Gasteiger partial charge in [0.1, 0.15) is 11.9 Å². The summed E-state index contributed by atoms with van der Waals surface area (Å²) in [6.45, 7) is 6.08. The van der Waals surface area contributed by atoms with Crippen LogP contribution in [0, 0.1) is 0 Å². The highest BCUT2D eigenvalue weighted by Gasteiger charge is 2.23. The van der Waals surface area contributed by atoms with Crippen molar-refractivity contribution in [1.29, 1.82) is 0 Å². The van der Waals surface area contributed by atoms with Crippen LogP contribution in [-0.4, -0.2) is 26.5 Å². The van der Waals surface area contributed by atoms with Gasteiger partial charge in [0.05, 0.1) is 0 Å². The first-order chi connectivity index (χ1) is 9.86.